The molecule has 2 aliphatic heterocycles. The van der Waals surface area contributed by atoms with Crippen molar-refractivity contribution in [2.75, 3.05) is 32.9 Å². The molecule has 7 heteroatoms. The summed E-state index contributed by atoms with van der Waals surface area (Å²) in [6.45, 7) is 3.05. The van der Waals surface area contributed by atoms with Gasteiger partial charge in [0, 0.05) is 25.7 Å². The van der Waals surface area contributed by atoms with Crippen LogP contribution in [0.4, 0.5) is 0 Å². The molecular weight excluding hydrogens is 272 g/mol. The lowest BCUT2D eigenvalue weighted by molar-refractivity contribution is -0.138. The topological polar surface area (TPSA) is 69.5 Å². The summed E-state index contributed by atoms with van der Waals surface area (Å²) in [5.74, 6) is 0.0789. The van der Waals surface area contributed by atoms with E-state index in [1.54, 1.807) is 12.7 Å². The first-order chi connectivity index (χ1) is 10.3. The highest BCUT2D eigenvalue weighted by Crippen LogP contribution is 2.21. The van der Waals surface area contributed by atoms with Crippen LogP contribution >= 0.6 is 0 Å². The molecule has 0 aliphatic carbocycles. The number of likely N-dealkylation sites (tertiary alicyclic amines) is 1. The largest absolute Gasteiger partial charge is 0.376 e. The van der Waals surface area contributed by atoms with Crippen LogP contribution in [0.5, 0.6) is 0 Å². The second kappa shape index (κ2) is 7.00. The zero-order valence-corrected chi connectivity index (χ0v) is 12.2. The van der Waals surface area contributed by atoms with Gasteiger partial charge in [-0.15, -0.1) is 10.2 Å². The van der Waals surface area contributed by atoms with Crippen LogP contribution in [0.2, 0.25) is 0 Å². The number of hydrogen-bond acceptors (Lipinski definition) is 5. The normalized spacial score (nSPS) is 23.6. The summed E-state index contributed by atoms with van der Waals surface area (Å²) in [5.41, 5.74) is 0. The molecule has 0 saturated carbocycles. The molecule has 0 aromatic carbocycles. The van der Waals surface area contributed by atoms with Crippen molar-refractivity contribution in [1.29, 1.82) is 0 Å². The second-order valence-electron chi connectivity index (χ2n) is 5.67. The average Bonchev–Trinajstić information content (AvgIpc) is 3.21. The molecule has 0 N–H and O–H groups in total. The van der Waals surface area contributed by atoms with Gasteiger partial charge in [-0.1, -0.05) is 0 Å². The minimum absolute atomic E-state index is 0.0789. The van der Waals surface area contributed by atoms with E-state index in [0.717, 1.165) is 45.4 Å². The third-order valence-corrected chi connectivity index (χ3v) is 4.23. The Morgan fingerprint density at radius 3 is 2.67 bits per heavy atom. The molecule has 1 amide bonds. The van der Waals surface area contributed by atoms with Crippen molar-refractivity contribution in [3.05, 3.63) is 12.7 Å². The quantitative estimate of drug-likeness (QED) is 0.797. The number of rotatable bonds is 5. The maximum absolute atomic E-state index is 12.1. The van der Waals surface area contributed by atoms with Crippen molar-refractivity contribution in [2.45, 2.75) is 37.8 Å². The van der Waals surface area contributed by atoms with Crippen LogP contribution < -0.4 is 0 Å². The lowest BCUT2D eigenvalue weighted by atomic mass is 10.1. The van der Waals surface area contributed by atoms with Crippen LogP contribution in [-0.2, 0) is 14.3 Å². The molecule has 1 aromatic rings. The summed E-state index contributed by atoms with van der Waals surface area (Å²) in [6.07, 6.45) is 7.68. The monoisotopic (exact) mass is 294 g/mol. The maximum Gasteiger partial charge on any atom is 0.248 e. The fourth-order valence-electron chi connectivity index (χ4n) is 2.96. The molecule has 0 unspecified atom stereocenters. The van der Waals surface area contributed by atoms with Gasteiger partial charge in [0.1, 0.15) is 19.3 Å². The Kier molecular flexibility index (Phi) is 4.82. The van der Waals surface area contributed by atoms with Crippen molar-refractivity contribution in [1.82, 2.24) is 19.7 Å². The van der Waals surface area contributed by atoms with Crippen molar-refractivity contribution in [3.63, 3.8) is 0 Å². The Morgan fingerprint density at radius 1 is 1.24 bits per heavy atom. The van der Waals surface area contributed by atoms with Crippen molar-refractivity contribution < 1.29 is 14.3 Å². The number of piperidine rings is 1. The number of nitrogens with zero attached hydrogens (tertiary/aromatic N) is 4. The summed E-state index contributed by atoms with van der Waals surface area (Å²) < 4.78 is 13.0. The Bertz CT molecular complexity index is 437. The molecule has 1 aromatic heterocycles. The van der Waals surface area contributed by atoms with Gasteiger partial charge in [-0.3, -0.25) is 4.79 Å². The zero-order valence-electron chi connectivity index (χ0n) is 12.2. The SMILES string of the molecule is O=C(COC[C@H]1CCCO1)N1CCC(n2cnnc2)CC1. The van der Waals surface area contributed by atoms with E-state index in [0.29, 0.717) is 12.6 Å². The first kappa shape index (κ1) is 14.5. The third-order valence-electron chi connectivity index (χ3n) is 4.23. The molecule has 2 saturated heterocycles. The number of amides is 1. The number of aromatic nitrogens is 3. The Labute approximate surface area is 124 Å². The number of carbonyl (C=O) groups excluding carboxylic acids is 1. The maximum atomic E-state index is 12.1. The van der Waals surface area contributed by atoms with Gasteiger partial charge in [-0.2, -0.15) is 0 Å². The van der Waals surface area contributed by atoms with Crippen LogP contribution in [0, 0.1) is 0 Å². The van der Waals surface area contributed by atoms with Gasteiger partial charge < -0.3 is 18.9 Å². The predicted molar refractivity (Wildman–Crippen MR) is 74.7 cm³/mol. The van der Waals surface area contributed by atoms with Gasteiger partial charge >= 0.3 is 0 Å². The fourth-order valence-corrected chi connectivity index (χ4v) is 2.96. The molecule has 3 rings (SSSR count). The van der Waals surface area contributed by atoms with Crippen molar-refractivity contribution >= 4 is 5.91 Å². The molecule has 116 valence electrons. The van der Waals surface area contributed by atoms with Gasteiger partial charge in [0.05, 0.1) is 12.7 Å². The van der Waals surface area contributed by atoms with Gasteiger partial charge in [0.2, 0.25) is 5.91 Å². The standard InChI is InChI=1S/C14H22N4O3/c19-14(9-20-8-13-2-1-7-21-13)17-5-3-12(4-6-17)18-10-15-16-11-18/h10-13H,1-9H2/t13-/m1/s1. The molecule has 7 nitrogen and oxygen atoms in total. The highest BCUT2D eigenvalue weighted by molar-refractivity contribution is 5.77. The summed E-state index contributed by atoms with van der Waals surface area (Å²) in [7, 11) is 0. The molecule has 2 fully saturated rings. The first-order valence-electron chi connectivity index (χ1n) is 7.64. The minimum Gasteiger partial charge on any atom is -0.376 e. The molecule has 1 atom stereocenters. The second-order valence-corrected chi connectivity index (χ2v) is 5.67. The van der Waals surface area contributed by atoms with E-state index in [1.807, 2.05) is 9.47 Å². The smallest absolute Gasteiger partial charge is 0.248 e. The molecule has 2 aliphatic rings. The Balaban J connectivity index is 1.36. The molecular formula is C14H22N4O3. The third kappa shape index (κ3) is 3.79. The van der Waals surface area contributed by atoms with Gasteiger partial charge in [0.15, 0.2) is 0 Å². The minimum atomic E-state index is 0.0789. The molecule has 21 heavy (non-hydrogen) atoms. The van der Waals surface area contributed by atoms with E-state index in [-0.39, 0.29) is 18.6 Å². The van der Waals surface area contributed by atoms with Crippen molar-refractivity contribution in [3.8, 4) is 0 Å². The van der Waals surface area contributed by atoms with Crippen molar-refractivity contribution in [2.24, 2.45) is 0 Å². The van der Waals surface area contributed by atoms with E-state index in [1.165, 1.54) is 0 Å². The Hall–Kier alpha value is -1.47. The molecule has 0 bridgehead atoms. The number of carbonyl (C=O) groups is 1. The number of ether oxygens (including phenoxy) is 2. The first-order valence-corrected chi connectivity index (χ1v) is 7.64. The summed E-state index contributed by atoms with van der Waals surface area (Å²) >= 11 is 0. The average molecular weight is 294 g/mol. The van der Waals surface area contributed by atoms with E-state index in [4.69, 9.17) is 9.47 Å². The van der Waals surface area contributed by atoms with Crippen LogP contribution in [0.3, 0.4) is 0 Å². The van der Waals surface area contributed by atoms with E-state index in [2.05, 4.69) is 10.2 Å². The highest BCUT2D eigenvalue weighted by Gasteiger charge is 2.24. The van der Waals surface area contributed by atoms with Crippen LogP contribution in [0.25, 0.3) is 0 Å². The van der Waals surface area contributed by atoms with Crippen LogP contribution in [0.1, 0.15) is 31.7 Å². The van der Waals surface area contributed by atoms with Gasteiger partial charge in [0.25, 0.3) is 0 Å². The predicted octanol–water partition coefficient (Wildman–Crippen LogP) is 0.637. The molecule has 0 radical (unpaired) electrons. The summed E-state index contributed by atoms with van der Waals surface area (Å²) in [6, 6.07) is 0.400. The van der Waals surface area contributed by atoms with Gasteiger partial charge in [-0.05, 0) is 25.7 Å². The van der Waals surface area contributed by atoms with E-state index in [9.17, 15) is 4.79 Å². The lowest BCUT2D eigenvalue weighted by Crippen LogP contribution is -2.41. The van der Waals surface area contributed by atoms with E-state index < -0.39 is 0 Å². The fraction of sp³-hybridized carbons (Fsp3) is 0.786. The molecule has 0 spiro atoms. The number of hydrogen-bond donors (Lipinski definition) is 0. The molecule has 3 heterocycles. The zero-order chi connectivity index (χ0) is 14.5. The lowest BCUT2D eigenvalue weighted by Gasteiger charge is -2.32. The van der Waals surface area contributed by atoms with Crippen LogP contribution in [0.15, 0.2) is 12.7 Å². The van der Waals surface area contributed by atoms with E-state index >= 15 is 0 Å². The summed E-state index contributed by atoms with van der Waals surface area (Å²) in [5, 5.41) is 7.66. The van der Waals surface area contributed by atoms with Crippen LogP contribution in [-0.4, -0.2) is 64.6 Å². The highest BCUT2D eigenvalue weighted by atomic mass is 16.5. The van der Waals surface area contributed by atoms with Gasteiger partial charge in [-0.25, -0.2) is 0 Å². The Morgan fingerprint density at radius 2 is 2.00 bits per heavy atom. The summed E-state index contributed by atoms with van der Waals surface area (Å²) in [4.78, 5) is 14.0.